The molecule has 0 aromatic heterocycles. The second-order valence-electron chi connectivity index (χ2n) is 20.4. The highest BCUT2D eigenvalue weighted by Gasteiger charge is 2.41. The first-order valence-electron chi connectivity index (χ1n) is 23.8. The molecule has 0 saturated carbocycles. The van der Waals surface area contributed by atoms with Crippen LogP contribution in [0.1, 0.15) is 196 Å². The number of nitrogens with zero attached hydrogens (tertiary/aromatic N) is 1. The van der Waals surface area contributed by atoms with Gasteiger partial charge in [-0.15, -0.1) is 0 Å². The molecular weight excluding hydrogens is 739 g/mol. The molecule has 1 aromatic carbocycles. The van der Waals surface area contributed by atoms with E-state index >= 15 is 0 Å². The van der Waals surface area contributed by atoms with Gasteiger partial charge in [-0.2, -0.15) is 0 Å². The van der Waals surface area contributed by atoms with E-state index in [-0.39, 0.29) is 28.9 Å². The van der Waals surface area contributed by atoms with Crippen molar-refractivity contribution in [3.8, 4) is 0 Å². The van der Waals surface area contributed by atoms with E-state index in [4.69, 9.17) is 13.6 Å². The number of ether oxygens (including phenoxy) is 1. The molecule has 0 aliphatic carbocycles. The summed E-state index contributed by atoms with van der Waals surface area (Å²) in [5.41, 5.74) is 0.927. The molecule has 0 bridgehead atoms. The van der Waals surface area contributed by atoms with Gasteiger partial charge in [-0.25, -0.2) is 4.79 Å². The van der Waals surface area contributed by atoms with Crippen molar-refractivity contribution in [3.63, 3.8) is 0 Å². The average molecular weight is 834 g/mol. The Labute approximate surface area is 356 Å². The van der Waals surface area contributed by atoms with E-state index in [0.717, 1.165) is 50.9 Å². The molecule has 3 atom stereocenters. The predicted octanol–water partition coefficient (Wildman–Crippen LogP) is 14.4. The van der Waals surface area contributed by atoms with E-state index < -0.39 is 28.7 Å². The summed E-state index contributed by atoms with van der Waals surface area (Å²) in [5.74, 6) is -0.530. The van der Waals surface area contributed by atoms with Gasteiger partial charge in [0.2, 0.25) is 0 Å². The number of hydrogen-bond donors (Lipinski definition) is 1. The standard InChI is InChI=1S/C49H95NO5Si2/c1-13-15-17-19-21-23-25-30-36-44(54-56(9,10)48(3,4)5)40-50(39-33-32-38-46(51)47(52)53-42-43-34-28-27-29-35-43)41-45(55-57(11,12)49(6,7)8)37-31-26-24-22-20-18-16-14-2/h27-29,34-35,44-46,51H,13-26,30-33,36-42H2,1-12H3/t44-,45-,46?/m1/s1. The molecule has 1 aromatic rings. The van der Waals surface area contributed by atoms with Crippen LogP contribution in [0.2, 0.25) is 36.3 Å². The fourth-order valence-corrected chi connectivity index (χ4v) is 9.78. The van der Waals surface area contributed by atoms with Crippen LogP contribution < -0.4 is 0 Å². The summed E-state index contributed by atoms with van der Waals surface area (Å²) in [4.78, 5) is 15.3. The van der Waals surface area contributed by atoms with Crippen molar-refractivity contribution in [2.45, 2.75) is 251 Å². The van der Waals surface area contributed by atoms with Gasteiger partial charge < -0.3 is 18.7 Å². The maximum atomic E-state index is 12.7. The maximum absolute atomic E-state index is 12.7. The third-order valence-corrected chi connectivity index (χ3v) is 22.0. The Morgan fingerprint density at radius 1 is 0.596 bits per heavy atom. The minimum atomic E-state index is -2.00. The van der Waals surface area contributed by atoms with Gasteiger partial charge >= 0.3 is 5.97 Å². The molecule has 1 N–H and O–H groups in total. The van der Waals surface area contributed by atoms with Crippen molar-refractivity contribution in [2.24, 2.45) is 0 Å². The van der Waals surface area contributed by atoms with Crippen LogP contribution in [-0.2, 0) is 25.0 Å². The zero-order valence-electron chi connectivity index (χ0n) is 39.8. The molecule has 0 saturated heterocycles. The van der Waals surface area contributed by atoms with Crippen LogP contribution in [0.3, 0.4) is 0 Å². The van der Waals surface area contributed by atoms with Crippen LogP contribution in [0.5, 0.6) is 0 Å². The van der Waals surface area contributed by atoms with Gasteiger partial charge in [0.25, 0.3) is 0 Å². The Morgan fingerprint density at radius 3 is 1.39 bits per heavy atom. The predicted molar refractivity (Wildman–Crippen MR) is 251 cm³/mol. The smallest absolute Gasteiger partial charge is 0.335 e. The largest absolute Gasteiger partial charge is 0.459 e. The summed E-state index contributed by atoms with van der Waals surface area (Å²) >= 11 is 0. The SMILES string of the molecule is CCCCCCCCCC[C@H](CN(CCCCC(O)C(=O)OCc1ccccc1)C[C@@H](CCCCCCCCCC)O[Si](C)(C)C(C)(C)C)O[Si](C)(C)C(C)(C)C. The summed E-state index contributed by atoms with van der Waals surface area (Å²) in [5, 5.41) is 11.0. The first kappa shape index (κ1) is 54.0. The third-order valence-electron chi connectivity index (χ3n) is 12.9. The quantitative estimate of drug-likeness (QED) is 0.0424. The number of unbranched alkanes of at least 4 members (excludes halogenated alkanes) is 15. The van der Waals surface area contributed by atoms with Gasteiger partial charge in [0.15, 0.2) is 22.7 Å². The lowest BCUT2D eigenvalue weighted by molar-refractivity contribution is -0.155. The van der Waals surface area contributed by atoms with Gasteiger partial charge in [-0.1, -0.05) is 188 Å². The number of rotatable bonds is 34. The van der Waals surface area contributed by atoms with Crippen molar-refractivity contribution in [2.75, 3.05) is 19.6 Å². The van der Waals surface area contributed by atoms with E-state index in [0.29, 0.717) is 6.42 Å². The molecule has 0 heterocycles. The lowest BCUT2D eigenvalue weighted by Crippen LogP contribution is -2.50. The zero-order chi connectivity index (χ0) is 42.8. The van der Waals surface area contributed by atoms with E-state index in [1.165, 1.54) is 103 Å². The summed E-state index contributed by atoms with van der Waals surface area (Å²) in [6.45, 7) is 31.2. The third kappa shape index (κ3) is 24.7. The summed E-state index contributed by atoms with van der Waals surface area (Å²) in [6.07, 6.45) is 24.6. The Bertz CT molecular complexity index is 1080. The molecule has 1 rings (SSSR count). The molecule has 0 fully saturated rings. The van der Waals surface area contributed by atoms with Crippen LogP contribution >= 0.6 is 0 Å². The lowest BCUT2D eigenvalue weighted by Gasteiger charge is -2.42. The fraction of sp³-hybridized carbons (Fsp3) is 0.857. The van der Waals surface area contributed by atoms with Gasteiger partial charge in [-0.05, 0) is 80.5 Å². The van der Waals surface area contributed by atoms with Crippen molar-refractivity contribution in [3.05, 3.63) is 35.9 Å². The van der Waals surface area contributed by atoms with Gasteiger partial charge in [0, 0.05) is 13.1 Å². The number of benzene rings is 1. The molecule has 57 heavy (non-hydrogen) atoms. The first-order chi connectivity index (χ1) is 26.8. The van der Waals surface area contributed by atoms with Crippen LogP contribution in [0.25, 0.3) is 0 Å². The number of carbonyl (C=O) groups is 1. The van der Waals surface area contributed by atoms with Gasteiger partial charge in [0.05, 0.1) is 12.2 Å². The normalized spacial score (nSPS) is 14.6. The van der Waals surface area contributed by atoms with Gasteiger partial charge in [-0.3, -0.25) is 4.90 Å². The van der Waals surface area contributed by atoms with Crippen LogP contribution in [-0.4, -0.2) is 70.6 Å². The number of hydrogen-bond acceptors (Lipinski definition) is 6. The molecular formula is C49H95NO5Si2. The highest BCUT2D eigenvalue weighted by atomic mass is 28.4. The average Bonchev–Trinajstić information content (AvgIpc) is 3.13. The molecule has 0 spiro atoms. The molecule has 0 amide bonds. The minimum absolute atomic E-state index is 0.144. The first-order valence-corrected chi connectivity index (χ1v) is 29.6. The minimum Gasteiger partial charge on any atom is -0.459 e. The Balaban J connectivity index is 3.16. The highest BCUT2D eigenvalue weighted by Crippen LogP contribution is 2.39. The van der Waals surface area contributed by atoms with Crippen molar-refractivity contribution in [1.29, 1.82) is 0 Å². The summed E-state index contributed by atoms with van der Waals surface area (Å²) in [6, 6.07) is 9.67. The number of aliphatic hydroxyl groups excluding tert-OH is 1. The molecule has 0 aliphatic rings. The van der Waals surface area contributed by atoms with Gasteiger partial charge in [0.1, 0.15) is 6.61 Å². The zero-order valence-corrected chi connectivity index (χ0v) is 41.8. The molecule has 334 valence electrons. The second-order valence-corrected chi connectivity index (χ2v) is 29.9. The van der Waals surface area contributed by atoms with E-state index in [9.17, 15) is 9.90 Å². The number of carbonyl (C=O) groups excluding carboxylic acids is 1. The van der Waals surface area contributed by atoms with E-state index in [1.54, 1.807) is 0 Å². The molecule has 8 heteroatoms. The maximum Gasteiger partial charge on any atom is 0.335 e. The number of esters is 1. The Hall–Kier alpha value is -1.04. The molecule has 1 unspecified atom stereocenters. The van der Waals surface area contributed by atoms with Crippen LogP contribution in [0, 0.1) is 0 Å². The highest BCUT2D eigenvalue weighted by molar-refractivity contribution is 6.74. The Morgan fingerprint density at radius 2 is 0.982 bits per heavy atom. The molecule has 6 nitrogen and oxygen atoms in total. The monoisotopic (exact) mass is 834 g/mol. The topological polar surface area (TPSA) is 68.2 Å². The van der Waals surface area contributed by atoms with Crippen LogP contribution in [0.15, 0.2) is 30.3 Å². The van der Waals surface area contributed by atoms with Crippen molar-refractivity contribution >= 4 is 22.6 Å². The van der Waals surface area contributed by atoms with Crippen molar-refractivity contribution < 1.29 is 23.5 Å². The van der Waals surface area contributed by atoms with Crippen molar-refractivity contribution in [1.82, 2.24) is 4.90 Å². The van der Waals surface area contributed by atoms with E-state index in [1.807, 2.05) is 30.3 Å². The Kier molecular flexibility index (Phi) is 27.7. The summed E-state index contributed by atoms with van der Waals surface area (Å²) in [7, 11) is -4.01. The second kappa shape index (κ2) is 29.3. The summed E-state index contributed by atoms with van der Waals surface area (Å²) < 4.78 is 20.0. The molecule has 0 aliphatic heterocycles. The molecule has 0 radical (unpaired) electrons. The van der Waals surface area contributed by atoms with E-state index in [2.05, 4.69) is 86.5 Å². The lowest BCUT2D eigenvalue weighted by atomic mass is 10.0. The number of aliphatic hydroxyl groups is 1. The van der Waals surface area contributed by atoms with Crippen LogP contribution in [0.4, 0.5) is 0 Å². The fourth-order valence-electron chi connectivity index (χ4n) is 7.02.